The second-order valence-electron chi connectivity index (χ2n) is 9.54. The first-order chi connectivity index (χ1) is 16.4. The van der Waals surface area contributed by atoms with Crippen molar-refractivity contribution in [2.45, 2.75) is 97.0 Å². The van der Waals surface area contributed by atoms with E-state index >= 15 is 0 Å². The zero-order chi connectivity index (χ0) is 24.4. The fourth-order valence-electron chi connectivity index (χ4n) is 4.33. The average Bonchev–Trinajstić information content (AvgIpc) is 3.15. The summed E-state index contributed by atoms with van der Waals surface area (Å²) in [7, 11) is 0. The van der Waals surface area contributed by atoms with Gasteiger partial charge in [-0.1, -0.05) is 58.8 Å². The maximum Gasteiger partial charge on any atom is 0.355 e. The molecule has 0 radical (unpaired) electrons. The first-order valence-electron chi connectivity index (χ1n) is 12.8. The molecule has 2 aromatic rings. The molecule has 1 fully saturated rings. The van der Waals surface area contributed by atoms with Crippen LogP contribution >= 0.6 is 0 Å². The highest BCUT2D eigenvalue weighted by atomic mass is 16.6. The maximum atomic E-state index is 12.7. The Bertz CT molecular complexity index is 926. The van der Waals surface area contributed by atoms with Crippen molar-refractivity contribution < 1.29 is 19.1 Å². The predicted molar refractivity (Wildman–Crippen MR) is 132 cm³/mol. The van der Waals surface area contributed by atoms with Crippen LogP contribution in [-0.2, 0) is 20.7 Å². The SMILES string of the molecule is CCCCCCCCc1cnc(-c2ccc(OC(=O)C3(C)CC(CCCC)C(=O)O3)cc2)nc1. The third-order valence-corrected chi connectivity index (χ3v) is 6.48. The van der Waals surface area contributed by atoms with E-state index in [2.05, 4.69) is 23.8 Å². The summed E-state index contributed by atoms with van der Waals surface area (Å²) in [6, 6.07) is 7.10. The van der Waals surface area contributed by atoms with E-state index in [1.807, 2.05) is 24.5 Å². The van der Waals surface area contributed by atoms with Crippen molar-refractivity contribution >= 4 is 11.9 Å². The highest BCUT2D eigenvalue weighted by molar-refractivity contribution is 5.88. The topological polar surface area (TPSA) is 78.4 Å². The van der Waals surface area contributed by atoms with Crippen molar-refractivity contribution in [1.29, 1.82) is 0 Å². The number of nitrogens with zero attached hydrogens (tertiary/aromatic N) is 2. The number of benzene rings is 1. The van der Waals surface area contributed by atoms with Gasteiger partial charge in [0.15, 0.2) is 5.82 Å². The van der Waals surface area contributed by atoms with Gasteiger partial charge in [0.05, 0.1) is 5.92 Å². The fourth-order valence-corrected chi connectivity index (χ4v) is 4.33. The molecule has 3 rings (SSSR count). The van der Waals surface area contributed by atoms with E-state index in [0.29, 0.717) is 18.0 Å². The second-order valence-corrected chi connectivity index (χ2v) is 9.54. The van der Waals surface area contributed by atoms with Crippen LogP contribution < -0.4 is 4.74 Å². The Morgan fingerprint density at radius 3 is 2.32 bits per heavy atom. The molecule has 2 unspecified atom stereocenters. The highest BCUT2D eigenvalue weighted by Crippen LogP contribution is 2.35. The van der Waals surface area contributed by atoms with Gasteiger partial charge in [-0.3, -0.25) is 4.79 Å². The van der Waals surface area contributed by atoms with E-state index in [-0.39, 0.29) is 11.9 Å². The van der Waals surface area contributed by atoms with Crippen LogP contribution in [0.4, 0.5) is 0 Å². The van der Waals surface area contributed by atoms with Crippen LogP contribution in [0.1, 0.15) is 90.5 Å². The van der Waals surface area contributed by atoms with E-state index in [9.17, 15) is 9.59 Å². The van der Waals surface area contributed by atoms with Gasteiger partial charge in [0, 0.05) is 24.4 Å². The Labute approximate surface area is 203 Å². The molecule has 0 bridgehead atoms. The number of cyclic esters (lactones) is 1. The van der Waals surface area contributed by atoms with Crippen LogP contribution in [0, 0.1) is 5.92 Å². The summed E-state index contributed by atoms with van der Waals surface area (Å²) in [5.74, 6) is -0.0352. The van der Waals surface area contributed by atoms with Gasteiger partial charge in [-0.25, -0.2) is 14.8 Å². The van der Waals surface area contributed by atoms with E-state index in [1.54, 1.807) is 19.1 Å². The number of carbonyl (C=O) groups excluding carboxylic acids is 2. The second kappa shape index (κ2) is 12.6. The summed E-state index contributed by atoms with van der Waals surface area (Å²) in [6.07, 6.45) is 15.5. The lowest BCUT2D eigenvalue weighted by atomic mass is 9.92. The summed E-state index contributed by atoms with van der Waals surface area (Å²) in [5, 5.41) is 0. The van der Waals surface area contributed by atoms with E-state index < -0.39 is 11.6 Å². The molecule has 0 amide bonds. The fraction of sp³-hybridized carbons (Fsp3) is 0.571. The molecule has 2 heterocycles. The molecule has 1 aromatic carbocycles. The molecule has 0 aliphatic carbocycles. The normalized spacial score (nSPS) is 19.7. The summed E-state index contributed by atoms with van der Waals surface area (Å²) < 4.78 is 11.0. The Hall–Kier alpha value is -2.76. The van der Waals surface area contributed by atoms with Crippen LogP contribution in [-0.4, -0.2) is 27.5 Å². The third-order valence-electron chi connectivity index (χ3n) is 6.48. The molecule has 6 nitrogen and oxygen atoms in total. The largest absolute Gasteiger partial charge is 0.447 e. The van der Waals surface area contributed by atoms with Crippen molar-refractivity contribution in [3.8, 4) is 17.1 Å². The average molecular weight is 467 g/mol. The Morgan fingerprint density at radius 2 is 1.65 bits per heavy atom. The predicted octanol–water partition coefficient (Wildman–Crippen LogP) is 6.46. The molecule has 0 saturated carbocycles. The van der Waals surface area contributed by atoms with Crippen LogP contribution in [0.15, 0.2) is 36.7 Å². The van der Waals surface area contributed by atoms with E-state index in [4.69, 9.17) is 9.47 Å². The van der Waals surface area contributed by atoms with Crippen molar-refractivity contribution in [1.82, 2.24) is 9.97 Å². The van der Waals surface area contributed by atoms with Crippen molar-refractivity contribution in [2.24, 2.45) is 5.92 Å². The van der Waals surface area contributed by atoms with Gasteiger partial charge < -0.3 is 9.47 Å². The molecule has 1 aromatic heterocycles. The van der Waals surface area contributed by atoms with Crippen LogP contribution in [0.25, 0.3) is 11.4 Å². The molecule has 2 atom stereocenters. The maximum absolute atomic E-state index is 12.7. The highest BCUT2D eigenvalue weighted by Gasteiger charge is 2.49. The minimum absolute atomic E-state index is 0.235. The number of esters is 2. The zero-order valence-electron chi connectivity index (χ0n) is 20.8. The number of ether oxygens (including phenoxy) is 2. The first-order valence-corrected chi connectivity index (χ1v) is 12.8. The van der Waals surface area contributed by atoms with Gasteiger partial charge in [0.25, 0.3) is 0 Å². The number of aromatic nitrogens is 2. The lowest BCUT2D eigenvalue weighted by molar-refractivity contribution is -0.166. The van der Waals surface area contributed by atoms with Gasteiger partial charge in [-0.15, -0.1) is 0 Å². The summed E-state index contributed by atoms with van der Waals surface area (Å²) >= 11 is 0. The van der Waals surface area contributed by atoms with Gasteiger partial charge >= 0.3 is 11.9 Å². The molecule has 0 spiro atoms. The number of carbonyl (C=O) groups is 2. The molecule has 184 valence electrons. The molecular formula is C28H38N2O4. The molecule has 6 heteroatoms. The summed E-state index contributed by atoms with van der Waals surface area (Å²) in [5.41, 5.74) is 0.772. The molecule has 1 aliphatic rings. The smallest absolute Gasteiger partial charge is 0.355 e. The van der Waals surface area contributed by atoms with Crippen LogP contribution in [0.2, 0.25) is 0 Å². The van der Waals surface area contributed by atoms with Gasteiger partial charge in [0.2, 0.25) is 5.60 Å². The molecule has 1 aliphatic heterocycles. The van der Waals surface area contributed by atoms with Gasteiger partial charge in [-0.2, -0.15) is 0 Å². The first kappa shape index (κ1) is 25.9. The summed E-state index contributed by atoms with van der Waals surface area (Å²) in [6.45, 7) is 5.94. The van der Waals surface area contributed by atoms with Crippen molar-refractivity contribution in [3.63, 3.8) is 0 Å². The minimum atomic E-state index is -1.23. The lowest BCUT2D eigenvalue weighted by Crippen LogP contribution is -2.38. The Kier molecular flexibility index (Phi) is 9.61. The van der Waals surface area contributed by atoms with E-state index in [1.165, 1.54) is 38.5 Å². The minimum Gasteiger partial charge on any atom is -0.447 e. The third kappa shape index (κ3) is 7.12. The van der Waals surface area contributed by atoms with Crippen molar-refractivity contribution in [3.05, 3.63) is 42.2 Å². The Balaban J connectivity index is 1.51. The van der Waals surface area contributed by atoms with Gasteiger partial charge in [-0.05, 0) is 56.0 Å². The number of unbranched alkanes of at least 4 members (excludes halogenated alkanes) is 6. The lowest BCUT2D eigenvalue weighted by Gasteiger charge is -2.20. The zero-order valence-corrected chi connectivity index (χ0v) is 20.8. The van der Waals surface area contributed by atoms with Crippen molar-refractivity contribution in [2.75, 3.05) is 0 Å². The van der Waals surface area contributed by atoms with E-state index in [0.717, 1.165) is 36.8 Å². The number of aryl methyl sites for hydroxylation is 1. The molecule has 1 saturated heterocycles. The summed E-state index contributed by atoms with van der Waals surface area (Å²) in [4.78, 5) is 33.9. The van der Waals surface area contributed by atoms with Crippen LogP contribution in [0.3, 0.4) is 0 Å². The standard InChI is InChI=1S/C28H38N2O4/c1-4-6-8-9-10-11-12-21-19-29-25(30-20-21)22-14-16-24(17-15-22)33-27(32)28(3)18-23(13-7-5-2)26(31)34-28/h14-17,19-20,23H,4-13,18H2,1-3H3. The molecule has 0 N–H and O–H groups in total. The number of hydrogen-bond acceptors (Lipinski definition) is 6. The number of hydrogen-bond donors (Lipinski definition) is 0. The monoisotopic (exact) mass is 466 g/mol. The molecule has 34 heavy (non-hydrogen) atoms. The van der Waals surface area contributed by atoms with Crippen LogP contribution in [0.5, 0.6) is 5.75 Å². The Morgan fingerprint density at radius 1 is 1.00 bits per heavy atom. The van der Waals surface area contributed by atoms with Gasteiger partial charge in [0.1, 0.15) is 5.75 Å². The number of rotatable bonds is 13. The molecular weight excluding hydrogens is 428 g/mol. The quantitative estimate of drug-likeness (QED) is 0.191.